The van der Waals surface area contributed by atoms with Gasteiger partial charge in [0.05, 0.1) is 11.6 Å². The van der Waals surface area contributed by atoms with Gasteiger partial charge in [0.1, 0.15) is 5.82 Å². The Labute approximate surface area is 129 Å². The first-order chi connectivity index (χ1) is 10.3. The highest BCUT2D eigenvalue weighted by Gasteiger charge is 2.18. The van der Waals surface area contributed by atoms with Crippen molar-refractivity contribution in [1.82, 2.24) is 4.98 Å². The lowest BCUT2D eigenvalue weighted by Gasteiger charge is -2.36. The molecule has 1 aliphatic rings. The minimum Gasteiger partial charge on any atom is -0.392 e. The number of hydrogen-bond acceptors (Lipinski definition) is 4. The van der Waals surface area contributed by atoms with E-state index >= 15 is 0 Å². The van der Waals surface area contributed by atoms with Crippen LogP contribution in [0.25, 0.3) is 0 Å². The van der Waals surface area contributed by atoms with Gasteiger partial charge in [-0.15, -0.1) is 0 Å². The topological polar surface area (TPSA) is 39.6 Å². The summed E-state index contributed by atoms with van der Waals surface area (Å²) in [5.74, 6) is 0.885. The summed E-state index contributed by atoms with van der Waals surface area (Å²) in [4.78, 5) is 8.98. The van der Waals surface area contributed by atoms with Gasteiger partial charge >= 0.3 is 0 Å². The normalized spacial score (nSPS) is 15.3. The van der Waals surface area contributed by atoms with Crippen LogP contribution in [0.1, 0.15) is 5.56 Å². The molecule has 21 heavy (non-hydrogen) atoms. The van der Waals surface area contributed by atoms with Crippen LogP contribution in [0.15, 0.2) is 42.6 Å². The average Bonchev–Trinajstić information content (AvgIpc) is 2.56. The Morgan fingerprint density at radius 1 is 1.05 bits per heavy atom. The summed E-state index contributed by atoms with van der Waals surface area (Å²) in [6.07, 6.45) is 1.62. The van der Waals surface area contributed by atoms with E-state index in [1.54, 1.807) is 6.20 Å². The van der Waals surface area contributed by atoms with Crippen LogP contribution in [0.4, 0.5) is 11.5 Å². The lowest BCUT2D eigenvalue weighted by Crippen LogP contribution is -2.46. The van der Waals surface area contributed by atoms with Crippen molar-refractivity contribution in [2.45, 2.75) is 6.61 Å². The van der Waals surface area contributed by atoms with Crippen LogP contribution in [0.5, 0.6) is 0 Å². The standard InChI is InChI=1S/C16H18ClN3O/c17-15-11-18-16(10-13(15)12-21)20-8-6-19(7-9-20)14-4-2-1-3-5-14/h1-5,10-11,21H,6-9,12H2. The fourth-order valence-electron chi connectivity index (χ4n) is 2.59. The van der Waals surface area contributed by atoms with Crippen molar-refractivity contribution in [3.63, 3.8) is 0 Å². The molecule has 0 amide bonds. The molecule has 3 rings (SSSR count). The van der Waals surface area contributed by atoms with Crippen molar-refractivity contribution in [1.29, 1.82) is 0 Å². The molecule has 1 aromatic carbocycles. The second kappa shape index (κ2) is 6.33. The lowest BCUT2D eigenvalue weighted by atomic mass is 10.2. The van der Waals surface area contributed by atoms with E-state index in [4.69, 9.17) is 11.6 Å². The lowest BCUT2D eigenvalue weighted by molar-refractivity contribution is 0.282. The van der Waals surface area contributed by atoms with Gasteiger partial charge in [0, 0.05) is 43.6 Å². The smallest absolute Gasteiger partial charge is 0.129 e. The molecular formula is C16H18ClN3O. The van der Waals surface area contributed by atoms with E-state index in [1.165, 1.54) is 5.69 Å². The molecular weight excluding hydrogens is 286 g/mol. The maximum atomic E-state index is 9.29. The summed E-state index contributed by atoms with van der Waals surface area (Å²) in [5.41, 5.74) is 1.99. The van der Waals surface area contributed by atoms with Crippen LogP contribution in [-0.4, -0.2) is 36.3 Å². The summed E-state index contributed by atoms with van der Waals surface area (Å²) >= 11 is 5.99. The van der Waals surface area contributed by atoms with Crippen molar-refractivity contribution < 1.29 is 5.11 Å². The van der Waals surface area contributed by atoms with E-state index < -0.39 is 0 Å². The zero-order valence-electron chi connectivity index (χ0n) is 11.7. The van der Waals surface area contributed by atoms with Crippen molar-refractivity contribution >= 4 is 23.1 Å². The van der Waals surface area contributed by atoms with Gasteiger partial charge in [-0.25, -0.2) is 4.98 Å². The van der Waals surface area contributed by atoms with Gasteiger partial charge in [0.25, 0.3) is 0 Å². The Balaban J connectivity index is 1.68. The average molecular weight is 304 g/mol. The molecule has 4 nitrogen and oxygen atoms in total. The number of piperazine rings is 1. The van der Waals surface area contributed by atoms with Gasteiger partial charge < -0.3 is 14.9 Å². The number of rotatable bonds is 3. The van der Waals surface area contributed by atoms with Crippen molar-refractivity contribution in [3.8, 4) is 0 Å². The number of aromatic nitrogens is 1. The van der Waals surface area contributed by atoms with Gasteiger partial charge in [-0.2, -0.15) is 0 Å². The highest BCUT2D eigenvalue weighted by atomic mass is 35.5. The van der Waals surface area contributed by atoms with E-state index in [9.17, 15) is 5.11 Å². The summed E-state index contributed by atoms with van der Waals surface area (Å²) in [5, 5.41) is 9.81. The van der Waals surface area contributed by atoms with Gasteiger partial charge in [-0.05, 0) is 18.2 Å². The quantitative estimate of drug-likeness (QED) is 0.946. The molecule has 2 aromatic rings. The van der Waals surface area contributed by atoms with Gasteiger partial charge in [0.2, 0.25) is 0 Å². The monoisotopic (exact) mass is 303 g/mol. The van der Waals surface area contributed by atoms with Crippen LogP contribution in [0.2, 0.25) is 5.02 Å². The Morgan fingerprint density at radius 3 is 2.38 bits per heavy atom. The number of aliphatic hydroxyl groups is 1. The Bertz CT molecular complexity index is 598. The first kappa shape index (κ1) is 14.2. The molecule has 0 spiro atoms. The van der Waals surface area contributed by atoms with Crippen LogP contribution < -0.4 is 9.80 Å². The van der Waals surface area contributed by atoms with Crippen LogP contribution in [0.3, 0.4) is 0 Å². The number of anilines is 2. The number of halogens is 1. The molecule has 0 saturated carbocycles. The van der Waals surface area contributed by atoms with Gasteiger partial charge in [-0.1, -0.05) is 29.8 Å². The summed E-state index contributed by atoms with van der Waals surface area (Å²) < 4.78 is 0. The van der Waals surface area contributed by atoms with Crippen molar-refractivity contribution in [2.75, 3.05) is 36.0 Å². The van der Waals surface area contributed by atoms with Gasteiger partial charge in [0.15, 0.2) is 0 Å². The third-order valence-corrected chi connectivity index (χ3v) is 4.16. The molecule has 2 heterocycles. The van der Waals surface area contributed by atoms with E-state index in [0.717, 1.165) is 37.6 Å². The summed E-state index contributed by atoms with van der Waals surface area (Å²) in [7, 11) is 0. The molecule has 5 heteroatoms. The zero-order chi connectivity index (χ0) is 14.7. The second-order valence-corrected chi connectivity index (χ2v) is 5.51. The molecule has 110 valence electrons. The SMILES string of the molecule is OCc1cc(N2CCN(c3ccccc3)CC2)ncc1Cl. The third-order valence-electron chi connectivity index (χ3n) is 3.82. The van der Waals surface area contributed by atoms with E-state index in [1.807, 2.05) is 12.1 Å². The molecule has 0 radical (unpaired) electrons. The molecule has 0 atom stereocenters. The van der Waals surface area contributed by atoms with E-state index in [-0.39, 0.29) is 6.61 Å². The zero-order valence-corrected chi connectivity index (χ0v) is 12.5. The Hall–Kier alpha value is -1.78. The molecule has 0 aliphatic carbocycles. The van der Waals surface area contributed by atoms with Crippen molar-refractivity contribution in [2.24, 2.45) is 0 Å². The molecule has 0 bridgehead atoms. The van der Waals surface area contributed by atoms with E-state index in [0.29, 0.717) is 5.02 Å². The summed E-state index contributed by atoms with van der Waals surface area (Å²) in [6.45, 7) is 3.69. The number of nitrogens with zero attached hydrogens (tertiary/aromatic N) is 3. The number of pyridine rings is 1. The molecule has 1 saturated heterocycles. The summed E-state index contributed by atoms with van der Waals surface area (Å²) in [6, 6.07) is 12.3. The molecule has 1 aromatic heterocycles. The number of hydrogen-bond donors (Lipinski definition) is 1. The Kier molecular flexibility index (Phi) is 4.27. The van der Waals surface area contributed by atoms with E-state index in [2.05, 4.69) is 39.0 Å². The van der Waals surface area contributed by atoms with Crippen molar-refractivity contribution in [3.05, 3.63) is 53.2 Å². The maximum Gasteiger partial charge on any atom is 0.129 e. The Morgan fingerprint density at radius 2 is 1.71 bits per heavy atom. The third kappa shape index (κ3) is 3.12. The molecule has 0 unspecified atom stereocenters. The fourth-order valence-corrected chi connectivity index (χ4v) is 2.76. The first-order valence-corrected chi connectivity index (χ1v) is 7.46. The van der Waals surface area contributed by atoms with Crippen LogP contribution >= 0.6 is 11.6 Å². The number of aliphatic hydroxyl groups excluding tert-OH is 1. The predicted octanol–water partition coefficient (Wildman–Crippen LogP) is 2.55. The van der Waals surface area contributed by atoms with Crippen LogP contribution in [0, 0.1) is 0 Å². The molecule has 1 aliphatic heterocycles. The number of benzene rings is 1. The maximum absolute atomic E-state index is 9.29. The predicted molar refractivity (Wildman–Crippen MR) is 86.0 cm³/mol. The highest BCUT2D eigenvalue weighted by molar-refractivity contribution is 6.31. The minimum atomic E-state index is -0.0572. The largest absolute Gasteiger partial charge is 0.392 e. The fraction of sp³-hybridized carbons (Fsp3) is 0.312. The second-order valence-electron chi connectivity index (χ2n) is 5.10. The van der Waals surface area contributed by atoms with Crippen LogP contribution in [-0.2, 0) is 6.61 Å². The van der Waals surface area contributed by atoms with Gasteiger partial charge in [-0.3, -0.25) is 0 Å². The number of para-hydroxylation sites is 1. The molecule has 1 fully saturated rings. The highest BCUT2D eigenvalue weighted by Crippen LogP contribution is 2.23. The molecule has 1 N–H and O–H groups in total. The first-order valence-electron chi connectivity index (χ1n) is 7.08. The minimum absolute atomic E-state index is 0.0572.